The Labute approximate surface area is 133 Å². The second-order valence-corrected chi connectivity index (χ2v) is 7.96. The molecule has 2 amide bonds. The Morgan fingerprint density at radius 2 is 1.75 bits per heavy atom. The van der Waals surface area contributed by atoms with Crippen LogP contribution in [0.15, 0.2) is 22.8 Å². The molecule has 1 saturated heterocycles. The first kappa shape index (κ1) is 13.1. The van der Waals surface area contributed by atoms with E-state index in [0.717, 1.165) is 6.42 Å². The molecule has 20 heavy (non-hydrogen) atoms. The maximum atomic E-state index is 12.6. The Morgan fingerprint density at radius 1 is 1.15 bits per heavy atom. The van der Waals surface area contributed by atoms with Gasteiger partial charge < -0.3 is 4.42 Å². The van der Waals surface area contributed by atoms with Crippen LogP contribution in [-0.2, 0) is 16.1 Å². The number of amides is 2. The number of imide groups is 1. The summed E-state index contributed by atoms with van der Waals surface area (Å²) in [5.41, 5.74) is 0. The monoisotopic (exact) mass is 401 g/mol. The molecule has 3 fully saturated rings. The van der Waals surface area contributed by atoms with Gasteiger partial charge in [0.25, 0.3) is 0 Å². The van der Waals surface area contributed by atoms with Crippen molar-refractivity contribution in [3.63, 3.8) is 0 Å². The molecule has 2 bridgehead atoms. The Bertz CT molecular complexity index is 541. The molecule has 4 nitrogen and oxygen atoms in total. The molecule has 3 aliphatic rings. The van der Waals surface area contributed by atoms with Gasteiger partial charge >= 0.3 is 0 Å². The summed E-state index contributed by atoms with van der Waals surface area (Å²) in [6.07, 6.45) is 2.53. The Kier molecular flexibility index (Phi) is 2.90. The molecule has 4 rings (SSSR count). The van der Waals surface area contributed by atoms with E-state index in [0.29, 0.717) is 5.76 Å². The number of furan rings is 1. The van der Waals surface area contributed by atoms with Crippen molar-refractivity contribution in [1.29, 1.82) is 0 Å². The van der Waals surface area contributed by atoms with Gasteiger partial charge in [-0.05, 0) is 30.4 Å². The van der Waals surface area contributed by atoms with Gasteiger partial charge in [-0.3, -0.25) is 14.5 Å². The van der Waals surface area contributed by atoms with Gasteiger partial charge in [0, 0.05) is 9.65 Å². The summed E-state index contributed by atoms with van der Waals surface area (Å²) in [5.74, 6) is 0.881. The summed E-state index contributed by atoms with van der Waals surface area (Å²) in [6.45, 7) is 0.261. The number of nitrogens with zero attached hydrogens (tertiary/aromatic N) is 1. The van der Waals surface area contributed by atoms with Crippen LogP contribution < -0.4 is 0 Å². The van der Waals surface area contributed by atoms with E-state index in [1.807, 2.05) is 0 Å². The van der Waals surface area contributed by atoms with E-state index in [9.17, 15) is 9.59 Å². The number of hydrogen-bond acceptors (Lipinski definition) is 3. The Morgan fingerprint density at radius 3 is 2.25 bits per heavy atom. The first-order valence-corrected chi connectivity index (χ1v) is 8.58. The average molecular weight is 403 g/mol. The molecule has 1 aliphatic heterocycles. The highest BCUT2D eigenvalue weighted by Crippen LogP contribution is 2.60. The van der Waals surface area contributed by atoms with Crippen LogP contribution >= 0.6 is 31.9 Å². The lowest BCUT2D eigenvalue weighted by Gasteiger charge is -2.28. The number of alkyl halides is 2. The molecule has 0 radical (unpaired) electrons. The van der Waals surface area contributed by atoms with Crippen molar-refractivity contribution < 1.29 is 14.0 Å². The molecular weight excluding hydrogens is 390 g/mol. The molecule has 106 valence electrons. The zero-order valence-electron chi connectivity index (χ0n) is 10.5. The molecule has 0 N–H and O–H groups in total. The van der Waals surface area contributed by atoms with Crippen molar-refractivity contribution in [3.05, 3.63) is 24.2 Å². The number of carbonyl (C=O) groups excluding carboxylic acids is 2. The third-order valence-corrected chi connectivity index (χ3v) is 8.18. The maximum absolute atomic E-state index is 12.6. The normalized spacial score (nSPS) is 42.6. The smallest absolute Gasteiger partial charge is 0.233 e. The van der Waals surface area contributed by atoms with Crippen molar-refractivity contribution in [3.8, 4) is 0 Å². The third-order valence-electron chi connectivity index (χ3n) is 4.97. The maximum Gasteiger partial charge on any atom is 0.233 e. The van der Waals surface area contributed by atoms with E-state index in [4.69, 9.17) is 4.42 Å². The second kappa shape index (κ2) is 4.44. The van der Waals surface area contributed by atoms with Crippen LogP contribution in [0.4, 0.5) is 0 Å². The minimum atomic E-state index is -0.138. The summed E-state index contributed by atoms with van der Waals surface area (Å²) in [5, 5.41) is 0. The zero-order chi connectivity index (χ0) is 14.0. The molecule has 2 aliphatic carbocycles. The van der Waals surface area contributed by atoms with Crippen LogP contribution in [-0.4, -0.2) is 26.4 Å². The first-order chi connectivity index (χ1) is 9.59. The van der Waals surface area contributed by atoms with Gasteiger partial charge in [0.2, 0.25) is 11.8 Å². The number of likely N-dealkylation sites (tertiary alicyclic amines) is 1. The topological polar surface area (TPSA) is 50.5 Å². The molecule has 0 spiro atoms. The van der Waals surface area contributed by atoms with Gasteiger partial charge in [-0.15, -0.1) is 0 Å². The Balaban J connectivity index is 1.64. The minimum Gasteiger partial charge on any atom is -0.467 e. The fourth-order valence-electron chi connectivity index (χ4n) is 4.12. The molecule has 2 saturated carbocycles. The highest BCUT2D eigenvalue weighted by Gasteiger charge is 2.66. The summed E-state index contributed by atoms with van der Waals surface area (Å²) in [6, 6.07) is 3.57. The molecule has 2 heterocycles. The average Bonchev–Trinajstić information content (AvgIpc) is 3.15. The largest absolute Gasteiger partial charge is 0.467 e. The van der Waals surface area contributed by atoms with E-state index in [2.05, 4.69) is 31.9 Å². The third kappa shape index (κ3) is 1.58. The van der Waals surface area contributed by atoms with Crippen molar-refractivity contribution >= 4 is 43.7 Å². The van der Waals surface area contributed by atoms with E-state index in [1.165, 1.54) is 4.90 Å². The lowest BCUT2D eigenvalue weighted by atomic mass is 9.81. The molecule has 1 aromatic rings. The standard InChI is InChI=1S/C14H13Br2NO3/c15-11-7-4-8(12(11)16)10-9(7)13(18)17(14(10)19)5-6-2-1-3-20-6/h1-3,7-12H,4-5H2/t7-,8-,9-,10+,11-,12+/m0/s1. The van der Waals surface area contributed by atoms with Crippen molar-refractivity contribution in [2.24, 2.45) is 23.7 Å². The number of halogens is 2. The zero-order valence-corrected chi connectivity index (χ0v) is 13.7. The van der Waals surface area contributed by atoms with Gasteiger partial charge in [0.15, 0.2) is 0 Å². The van der Waals surface area contributed by atoms with Crippen LogP contribution in [0.2, 0.25) is 0 Å². The molecule has 0 unspecified atom stereocenters. The van der Waals surface area contributed by atoms with Crippen LogP contribution in [0.5, 0.6) is 0 Å². The summed E-state index contributed by atoms with van der Waals surface area (Å²) in [7, 11) is 0. The van der Waals surface area contributed by atoms with Crippen molar-refractivity contribution in [2.45, 2.75) is 22.6 Å². The fraction of sp³-hybridized carbons (Fsp3) is 0.571. The van der Waals surface area contributed by atoms with Crippen LogP contribution in [0, 0.1) is 23.7 Å². The minimum absolute atomic E-state index is 0.0206. The van der Waals surface area contributed by atoms with Crippen LogP contribution in [0.3, 0.4) is 0 Å². The van der Waals surface area contributed by atoms with E-state index >= 15 is 0 Å². The van der Waals surface area contributed by atoms with Crippen LogP contribution in [0.1, 0.15) is 12.2 Å². The summed E-state index contributed by atoms with van der Waals surface area (Å²) in [4.78, 5) is 27.1. The highest BCUT2D eigenvalue weighted by atomic mass is 79.9. The fourth-order valence-corrected chi connectivity index (χ4v) is 6.00. The summed E-state index contributed by atoms with van der Waals surface area (Å²) < 4.78 is 5.26. The predicted octanol–water partition coefficient (Wildman–Crippen LogP) is 2.56. The number of rotatable bonds is 2. The van der Waals surface area contributed by atoms with E-state index < -0.39 is 0 Å². The lowest BCUT2D eigenvalue weighted by Crippen LogP contribution is -2.37. The molecule has 6 atom stereocenters. The van der Waals surface area contributed by atoms with Gasteiger partial charge in [-0.25, -0.2) is 0 Å². The van der Waals surface area contributed by atoms with Gasteiger partial charge in [-0.1, -0.05) is 31.9 Å². The van der Waals surface area contributed by atoms with Crippen molar-refractivity contribution in [2.75, 3.05) is 0 Å². The Hall–Kier alpha value is -0.620. The van der Waals surface area contributed by atoms with Gasteiger partial charge in [0.05, 0.1) is 24.6 Å². The lowest BCUT2D eigenvalue weighted by molar-refractivity contribution is -0.141. The first-order valence-electron chi connectivity index (χ1n) is 6.75. The quantitative estimate of drug-likeness (QED) is 0.564. The van der Waals surface area contributed by atoms with Gasteiger partial charge in [0.1, 0.15) is 5.76 Å². The second-order valence-electron chi connectivity index (χ2n) is 5.85. The SMILES string of the molecule is O=C1[C@@H]2[C@@H]3C[C@H]([C@H](Br)[C@@H]3Br)[C@@H]2C(=O)N1Cc1ccco1. The number of carbonyl (C=O) groups is 2. The molecule has 1 aromatic heterocycles. The van der Waals surface area contributed by atoms with E-state index in [-0.39, 0.29) is 51.7 Å². The van der Waals surface area contributed by atoms with E-state index in [1.54, 1.807) is 18.4 Å². The summed E-state index contributed by atoms with van der Waals surface area (Å²) >= 11 is 7.36. The molecular formula is C14H13Br2NO3. The molecule has 0 aromatic carbocycles. The highest BCUT2D eigenvalue weighted by molar-refractivity contribution is 9.12. The van der Waals surface area contributed by atoms with Gasteiger partial charge in [-0.2, -0.15) is 0 Å². The number of hydrogen-bond donors (Lipinski definition) is 0. The molecule has 6 heteroatoms. The number of fused-ring (bicyclic) bond motifs is 5. The van der Waals surface area contributed by atoms with Crippen LogP contribution in [0.25, 0.3) is 0 Å². The predicted molar refractivity (Wildman–Crippen MR) is 78.3 cm³/mol. The van der Waals surface area contributed by atoms with Crippen molar-refractivity contribution in [1.82, 2.24) is 4.90 Å².